The summed E-state index contributed by atoms with van der Waals surface area (Å²) in [4.78, 5) is 11.5. The van der Waals surface area contributed by atoms with Gasteiger partial charge in [-0.15, -0.1) is 0 Å². The number of primary sulfonamides is 1. The molecule has 1 amide bonds. The summed E-state index contributed by atoms with van der Waals surface area (Å²) in [7, 11) is -4.05. The minimum atomic E-state index is -4.05. The second-order valence-electron chi connectivity index (χ2n) is 3.89. The van der Waals surface area contributed by atoms with Gasteiger partial charge < -0.3 is 5.73 Å². The summed E-state index contributed by atoms with van der Waals surface area (Å²) >= 11 is 0. The summed E-state index contributed by atoms with van der Waals surface area (Å²) in [6, 6.07) is 6.84. The minimum Gasteiger partial charge on any atom is -0.368 e. The molecule has 1 aliphatic rings. The van der Waals surface area contributed by atoms with Crippen LogP contribution in [-0.2, 0) is 26.0 Å². The Bertz CT molecular complexity index is 553. The number of aryl methyl sites for hydroxylation is 1. The van der Waals surface area contributed by atoms with E-state index >= 15 is 0 Å². The first-order valence-corrected chi connectivity index (χ1v) is 6.35. The summed E-state index contributed by atoms with van der Waals surface area (Å²) in [5.41, 5.74) is 6.47. The lowest BCUT2D eigenvalue weighted by atomic mass is 10.00. The number of sulfonamides is 1. The second kappa shape index (κ2) is 3.29. The standard InChI is InChI=1S/C10H12N2O3S/c11-9(13)10(16(12,14)15)6-5-7-3-1-2-4-8(7)10/h1-4H,5-6H2,(H2,11,13)(H2,12,14,15). The zero-order chi connectivity index (χ0) is 12.0. The maximum absolute atomic E-state index is 11.6. The SMILES string of the molecule is NC(=O)C1(S(N)(=O)=O)CCc2ccccc21. The number of hydrogen-bond donors (Lipinski definition) is 2. The van der Waals surface area contributed by atoms with Gasteiger partial charge in [0.15, 0.2) is 4.75 Å². The Hall–Kier alpha value is -1.40. The van der Waals surface area contributed by atoms with Gasteiger partial charge in [-0.05, 0) is 24.0 Å². The van der Waals surface area contributed by atoms with Gasteiger partial charge in [0.05, 0.1) is 0 Å². The van der Waals surface area contributed by atoms with Crippen molar-refractivity contribution < 1.29 is 13.2 Å². The fourth-order valence-electron chi connectivity index (χ4n) is 2.27. The van der Waals surface area contributed by atoms with Gasteiger partial charge in [-0.3, -0.25) is 4.79 Å². The molecule has 4 N–H and O–H groups in total. The van der Waals surface area contributed by atoms with Crippen LogP contribution in [0.2, 0.25) is 0 Å². The van der Waals surface area contributed by atoms with E-state index in [2.05, 4.69) is 0 Å². The number of carbonyl (C=O) groups excluding carboxylic acids is 1. The topological polar surface area (TPSA) is 103 Å². The molecule has 0 fully saturated rings. The predicted molar refractivity (Wildman–Crippen MR) is 58.7 cm³/mol. The summed E-state index contributed by atoms with van der Waals surface area (Å²) in [6.45, 7) is 0. The van der Waals surface area contributed by atoms with Gasteiger partial charge in [-0.25, -0.2) is 13.6 Å². The maximum atomic E-state index is 11.6. The summed E-state index contributed by atoms with van der Waals surface area (Å²) < 4.78 is 21.5. The average Bonchev–Trinajstić information content (AvgIpc) is 2.56. The third-order valence-corrected chi connectivity index (χ3v) is 4.68. The molecular weight excluding hydrogens is 228 g/mol. The van der Waals surface area contributed by atoms with Gasteiger partial charge in [0.1, 0.15) is 0 Å². The van der Waals surface area contributed by atoms with Crippen molar-refractivity contribution in [3.05, 3.63) is 35.4 Å². The van der Waals surface area contributed by atoms with Crippen molar-refractivity contribution in [2.24, 2.45) is 10.9 Å². The van der Waals surface area contributed by atoms with Crippen LogP contribution in [-0.4, -0.2) is 14.3 Å². The molecule has 0 saturated heterocycles. The summed E-state index contributed by atoms with van der Waals surface area (Å²) in [5, 5.41) is 5.16. The van der Waals surface area contributed by atoms with Crippen LogP contribution in [0.4, 0.5) is 0 Å². The number of rotatable bonds is 2. The lowest BCUT2D eigenvalue weighted by Crippen LogP contribution is -2.49. The molecule has 1 aliphatic carbocycles. The van der Waals surface area contributed by atoms with Crippen molar-refractivity contribution in [1.82, 2.24) is 0 Å². The largest absolute Gasteiger partial charge is 0.368 e. The molecule has 6 heteroatoms. The Kier molecular flexibility index (Phi) is 2.28. The average molecular weight is 240 g/mol. The van der Waals surface area contributed by atoms with Crippen LogP contribution in [0.25, 0.3) is 0 Å². The van der Waals surface area contributed by atoms with Crippen LogP contribution < -0.4 is 10.9 Å². The zero-order valence-corrected chi connectivity index (χ0v) is 9.33. The zero-order valence-electron chi connectivity index (χ0n) is 8.51. The number of amides is 1. The molecule has 0 heterocycles. The van der Waals surface area contributed by atoms with Gasteiger partial charge in [0.25, 0.3) is 0 Å². The van der Waals surface area contributed by atoms with Crippen molar-refractivity contribution in [3.8, 4) is 0 Å². The molecule has 86 valence electrons. The van der Waals surface area contributed by atoms with Gasteiger partial charge in [-0.1, -0.05) is 24.3 Å². The van der Waals surface area contributed by atoms with E-state index in [0.29, 0.717) is 12.0 Å². The Morgan fingerprint density at radius 2 is 1.94 bits per heavy atom. The predicted octanol–water partition coefficient (Wildman–Crippen LogP) is -0.398. The smallest absolute Gasteiger partial charge is 0.244 e. The normalized spacial score (nSPS) is 24.1. The highest BCUT2D eigenvalue weighted by Crippen LogP contribution is 2.41. The van der Waals surface area contributed by atoms with Gasteiger partial charge in [0.2, 0.25) is 15.9 Å². The molecule has 5 nitrogen and oxygen atoms in total. The second-order valence-corrected chi connectivity index (χ2v) is 5.68. The van der Waals surface area contributed by atoms with Crippen molar-refractivity contribution in [1.29, 1.82) is 0 Å². The van der Waals surface area contributed by atoms with E-state index < -0.39 is 20.7 Å². The molecule has 1 unspecified atom stereocenters. The lowest BCUT2D eigenvalue weighted by Gasteiger charge is -2.23. The van der Waals surface area contributed by atoms with Crippen LogP contribution in [0.15, 0.2) is 24.3 Å². The third-order valence-electron chi connectivity index (χ3n) is 3.08. The fraction of sp³-hybridized carbons (Fsp3) is 0.300. The highest BCUT2D eigenvalue weighted by atomic mass is 32.2. The number of carbonyl (C=O) groups is 1. The van der Waals surface area contributed by atoms with Crippen LogP contribution in [0.5, 0.6) is 0 Å². The first-order chi connectivity index (χ1) is 7.39. The van der Waals surface area contributed by atoms with E-state index in [1.165, 1.54) is 0 Å². The molecule has 1 atom stereocenters. The summed E-state index contributed by atoms with van der Waals surface area (Å²) in [5.74, 6) is -0.903. The van der Waals surface area contributed by atoms with E-state index in [1.807, 2.05) is 0 Å². The first-order valence-electron chi connectivity index (χ1n) is 4.80. The van der Waals surface area contributed by atoms with Crippen LogP contribution >= 0.6 is 0 Å². The molecule has 2 rings (SSSR count). The van der Waals surface area contributed by atoms with E-state index in [9.17, 15) is 13.2 Å². The van der Waals surface area contributed by atoms with E-state index in [-0.39, 0.29) is 6.42 Å². The van der Waals surface area contributed by atoms with Gasteiger partial charge in [0, 0.05) is 0 Å². The summed E-state index contributed by atoms with van der Waals surface area (Å²) in [6.07, 6.45) is 0.621. The van der Waals surface area contributed by atoms with Crippen LogP contribution in [0.3, 0.4) is 0 Å². The molecule has 0 aromatic heterocycles. The molecule has 0 saturated carbocycles. The number of hydrogen-bond acceptors (Lipinski definition) is 3. The highest BCUT2D eigenvalue weighted by Gasteiger charge is 2.53. The lowest BCUT2D eigenvalue weighted by molar-refractivity contribution is -0.120. The minimum absolute atomic E-state index is 0.126. The van der Waals surface area contributed by atoms with E-state index in [0.717, 1.165) is 5.56 Å². The fourth-order valence-corrected chi connectivity index (χ4v) is 3.44. The third kappa shape index (κ3) is 1.27. The quantitative estimate of drug-likeness (QED) is 0.735. The Morgan fingerprint density at radius 1 is 1.31 bits per heavy atom. The first kappa shape index (κ1) is 11.1. The van der Waals surface area contributed by atoms with Crippen LogP contribution in [0, 0.1) is 0 Å². The Balaban J connectivity index is 2.76. The van der Waals surface area contributed by atoms with E-state index in [4.69, 9.17) is 10.9 Å². The van der Waals surface area contributed by atoms with E-state index in [1.54, 1.807) is 24.3 Å². The van der Waals surface area contributed by atoms with Crippen molar-refractivity contribution >= 4 is 15.9 Å². The molecular formula is C10H12N2O3S. The number of fused-ring (bicyclic) bond motifs is 1. The molecule has 1 aromatic carbocycles. The number of primary amides is 1. The van der Waals surface area contributed by atoms with Gasteiger partial charge in [-0.2, -0.15) is 0 Å². The molecule has 1 aromatic rings. The maximum Gasteiger partial charge on any atom is 0.244 e. The van der Waals surface area contributed by atoms with Crippen LogP contribution in [0.1, 0.15) is 17.5 Å². The molecule has 0 bridgehead atoms. The number of nitrogens with two attached hydrogens (primary N) is 2. The Morgan fingerprint density at radius 3 is 2.50 bits per heavy atom. The van der Waals surface area contributed by atoms with Crippen molar-refractivity contribution in [2.75, 3.05) is 0 Å². The molecule has 0 spiro atoms. The Labute approximate surface area is 93.5 Å². The molecule has 16 heavy (non-hydrogen) atoms. The van der Waals surface area contributed by atoms with Gasteiger partial charge >= 0.3 is 0 Å². The monoisotopic (exact) mass is 240 g/mol. The van der Waals surface area contributed by atoms with Crippen molar-refractivity contribution in [2.45, 2.75) is 17.6 Å². The van der Waals surface area contributed by atoms with Crippen molar-refractivity contribution in [3.63, 3.8) is 0 Å². The molecule has 0 radical (unpaired) electrons. The highest BCUT2D eigenvalue weighted by molar-refractivity contribution is 7.91. The number of benzene rings is 1. The molecule has 0 aliphatic heterocycles.